The lowest BCUT2D eigenvalue weighted by Gasteiger charge is -1.98. The van der Waals surface area contributed by atoms with E-state index in [0.29, 0.717) is 15.0 Å². The summed E-state index contributed by atoms with van der Waals surface area (Å²) in [5.74, 6) is -0.216. The van der Waals surface area contributed by atoms with Crippen LogP contribution in [0.4, 0.5) is 5.13 Å². The van der Waals surface area contributed by atoms with Gasteiger partial charge >= 0.3 is 0 Å². The molecule has 4 rings (SSSR count). The number of hydrogen-bond donors (Lipinski definition) is 1. The zero-order valence-electron chi connectivity index (χ0n) is 12.1. The molecule has 2 aromatic carbocycles. The quantitative estimate of drug-likeness (QED) is 0.497. The molecule has 0 atom stereocenters. The number of hydrogen-bond acceptors (Lipinski definition) is 4. The zero-order valence-corrected chi connectivity index (χ0v) is 14.5. The molecule has 0 bridgehead atoms. The number of thiazole rings is 1. The molecule has 3 nitrogen and oxygen atoms in total. The summed E-state index contributed by atoms with van der Waals surface area (Å²) in [6.45, 7) is 2.04. The van der Waals surface area contributed by atoms with Crippen molar-refractivity contribution in [3.8, 4) is 0 Å². The predicted molar refractivity (Wildman–Crippen MR) is 99.1 cm³/mol. The molecule has 0 spiro atoms. The van der Waals surface area contributed by atoms with Crippen molar-refractivity contribution >= 4 is 65.6 Å². The van der Waals surface area contributed by atoms with Crippen LogP contribution in [0.15, 0.2) is 42.5 Å². The highest BCUT2D eigenvalue weighted by Crippen LogP contribution is 2.36. The molecule has 0 aliphatic rings. The van der Waals surface area contributed by atoms with Gasteiger partial charge in [0.25, 0.3) is 5.91 Å². The van der Waals surface area contributed by atoms with Gasteiger partial charge in [0, 0.05) is 10.1 Å². The maximum Gasteiger partial charge on any atom is 0.269 e. The highest BCUT2D eigenvalue weighted by atomic mass is 35.5. The molecule has 114 valence electrons. The number of rotatable bonds is 2. The number of anilines is 1. The van der Waals surface area contributed by atoms with E-state index in [1.807, 2.05) is 43.3 Å². The van der Waals surface area contributed by atoms with Crippen LogP contribution >= 0.6 is 34.3 Å². The number of benzene rings is 2. The monoisotopic (exact) mass is 358 g/mol. The minimum atomic E-state index is -0.216. The lowest BCUT2D eigenvalue weighted by Crippen LogP contribution is -2.10. The first kappa shape index (κ1) is 14.6. The molecule has 2 aromatic heterocycles. The Hall–Kier alpha value is -1.95. The van der Waals surface area contributed by atoms with Gasteiger partial charge in [0.2, 0.25) is 0 Å². The molecular formula is C17H11ClN2OS2. The topological polar surface area (TPSA) is 42.0 Å². The summed E-state index contributed by atoms with van der Waals surface area (Å²) in [6.07, 6.45) is 0. The van der Waals surface area contributed by atoms with Crippen LogP contribution in [0.1, 0.15) is 15.2 Å². The summed E-state index contributed by atoms with van der Waals surface area (Å²) in [4.78, 5) is 17.5. The Morgan fingerprint density at radius 3 is 2.78 bits per heavy atom. The molecule has 23 heavy (non-hydrogen) atoms. The van der Waals surface area contributed by atoms with Crippen LogP contribution in [-0.2, 0) is 0 Å². The van der Waals surface area contributed by atoms with Crippen molar-refractivity contribution in [2.75, 3.05) is 5.32 Å². The predicted octanol–water partition coefficient (Wildman–Crippen LogP) is 5.73. The van der Waals surface area contributed by atoms with Gasteiger partial charge in [-0.2, -0.15) is 0 Å². The Kier molecular flexibility index (Phi) is 3.56. The molecule has 6 heteroatoms. The molecule has 2 heterocycles. The smallest absolute Gasteiger partial charge is 0.269 e. The molecule has 0 unspecified atom stereocenters. The standard InChI is InChI=1S/C17H11ClN2OS2/c1-9-6-7-11-13(8-9)23-17(19-11)20-16(21)15-14(18)10-4-2-3-5-12(10)22-15/h2-8H,1H3,(H,19,20,21). The van der Waals surface area contributed by atoms with E-state index in [4.69, 9.17) is 11.6 Å². The highest BCUT2D eigenvalue weighted by Gasteiger charge is 2.18. The Labute approximate surface area is 145 Å². The lowest BCUT2D eigenvalue weighted by atomic mass is 10.2. The SMILES string of the molecule is Cc1ccc2nc(NC(=O)c3sc4ccccc4c3Cl)sc2c1. The van der Waals surface area contributed by atoms with E-state index in [2.05, 4.69) is 16.4 Å². The van der Waals surface area contributed by atoms with Crippen LogP contribution in [-0.4, -0.2) is 10.9 Å². The summed E-state index contributed by atoms with van der Waals surface area (Å²) >= 11 is 9.21. The number of fused-ring (bicyclic) bond motifs is 2. The van der Waals surface area contributed by atoms with Crippen molar-refractivity contribution in [2.24, 2.45) is 0 Å². The largest absolute Gasteiger partial charge is 0.297 e. The second-order valence-electron chi connectivity index (χ2n) is 5.19. The Morgan fingerprint density at radius 1 is 1.13 bits per heavy atom. The number of carbonyl (C=O) groups excluding carboxylic acids is 1. The maximum absolute atomic E-state index is 12.5. The third kappa shape index (κ3) is 2.61. The average molecular weight is 359 g/mol. The Bertz CT molecular complexity index is 1050. The summed E-state index contributed by atoms with van der Waals surface area (Å²) in [5.41, 5.74) is 2.06. The van der Waals surface area contributed by atoms with Crippen molar-refractivity contribution in [2.45, 2.75) is 6.92 Å². The first-order valence-corrected chi connectivity index (χ1v) is 8.98. The summed E-state index contributed by atoms with van der Waals surface area (Å²) in [7, 11) is 0. The maximum atomic E-state index is 12.5. The fourth-order valence-corrected chi connectivity index (χ4v) is 4.77. The van der Waals surface area contributed by atoms with Crippen molar-refractivity contribution in [3.63, 3.8) is 0 Å². The molecule has 0 radical (unpaired) electrons. The van der Waals surface area contributed by atoms with Gasteiger partial charge in [-0.1, -0.05) is 47.2 Å². The number of nitrogens with one attached hydrogen (secondary N) is 1. The summed E-state index contributed by atoms with van der Waals surface area (Å²) in [5, 5.41) is 4.86. The molecule has 1 N–H and O–H groups in total. The Morgan fingerprint density at radius 2 is 1.96 bits per heavy atom. The molecule has 0 saturated carbocycles. The normalized spacial score (nSPS) is 11.2. The fraction of sp³-hybridized carbons (Fsp3) is 0.0588. The van der Waals surface area contributed by atoms with E-state index in [-0.39, 0.29) is 5.91 Å². The highest BCUT2D eigenvalue weighted by molar-refractivity contribution is 7.23. The lowest BCUT2D eigenvalue weighted by molar-refractivity contribution is 0.103. The van der Waals surface area contributed by atoms with Gasteiger partial charge in [-0.05, 0) is 30.7 Å². The van der Waals surface area contributed by atoms with E-state index in [1.54, 1.807) is 0 Å². The van der Waals surface area contributed by atoms with E-state index >= 15 is 0 Å². The van der Waals surface area contributed by atoms with Gasteiger partial charge in [-0.15, -0.1) is 11.3 Å². The molecule has 1 amide bonds. The molecule has 4 aromatic rings. The van der Waals surface area contributed by atoms with Crippen molar-refractivity contribution < 1.29 is 4.79 Å². The third-order valence-corrected chi connectivity index (χ3v) is 6.11. The van der Waals surface area contributed by atoms with E-state index < -0.39 is 0 Å². The second kappa shape index (κ2) is 5.60. The number of aromatic nitrogens is 1. The zero-order chi connectivity index (χ0) is 16.0. The molecule has 0 aliphatic heterocycles. The van der Waals surface area contributed by atoms with Crippen molar-refractivity contribution in [3.05, 3.63) is 57.9 Å². The first-order valence-electron chi connectivity index (χ1n) is 6.97. The number of halogens is 1. The van der Waals surface area contributed by atoms with E-state index in [1.165, 1.54) is 28.2 Å². The average Bonchev–Trinajstić information content (AvgIpc) is 3.08. The van der Waals surface area contributed by atoms with Crippen LogP contribution in [0, 0.1) is 6.92 Å². The van der Waals surface area contributed by atoms with Gasteiger partial charge in [0.05, 0.1) is 15.2 Å². The van der Waals surface area contributed by atoms with Gasteiger partial charge in [-0.25, -0.2) is 4.98 Å². The number of nitrogens with zero attached hydrogens (tertiary/aromatic N) is 1. The molecular weight excluding hydrogens is 348 g/mol. The minimum absolute atomic E-state index is 0.216. The summed E-state index contributed by atoms with van der Waals surface area (Å²) in [6, 6.07) is 13.8. The van der Waals surface area contributed by atoms with Crippen LogP contribution in [0.25, 0.3) is 20.3 Å². The molecule has 0 fully saturated rings. The minimum Gasteiger partial charge on any atom is -0.297 e. The molecule has 0 aliphatic carbocycles. The summed E-state index contributed by atoms with van der Waals surface area (Å²) < 4.78 is 2.06. The van der Waals surface area contributed by atoms with Crippen LogP contribution in [0.2, 0.25) is 5.02 Å². The fourth-order valence-electron chi connectivity index (χ4n) is 2.40. The number of carbonyl (C=O) groups is 1. The van der Waals surface area contributed by atoms with Crippen LogP contribution < -0.4 is 5.32 Å². The third-order valence-electron chi connectivity index (χ3n) is 3.51. The van der Waals surface area contributed by atoms with Crippen molar-refractivity contribution in [1.82, 2.24) is 4.98 Å². The van der Waals surface area contributed by atoms with Gasteiger partial charge in [0.15, 0.2) is 5.13 Å². The number of aryl methyl sites for hydroxylation is 1. The number of amides is 1. The first-order chi connectivity index (χ1) is 11.1. The van der Waals surface area contributed by atoms with E-state index in [0.717, 1.165) is 20.3 Å². The van der Waals surface area contributed by atoms with Gasteiger partial charge in [0.1, 0.15) is 4.88 Å². The second-order valence-corrected chi connectivity index (χ2v) is 7.65. The molecule has 0 saturated heterocycles. The van der Waals surface area contributed by atoms with Crippen LogP contribution in [0.3, 0.4) is 0 Å². The van der Waals surface area contributed by atoms with Gasteiger partial charge < -0.3 is 0 Å². The van der Waals surface area contributed by atoms with Crippen molar-refractivity contribution in [1.29, 1.82) is 0 Å². The van der Waals surface area contributed by atoms with Gasteiger partial charge in [-0.3, -0.25) is 10.1 Å². The van der Waals surface area contributed by atoms with E-state index in [9.17, 15) is 4.79 Å². The Balaban J connectivity index is 1.69. The number of thiophene rings is 1. The van der Waals surface area contributed by atoms with Crippen LogP contribution in [0.5, 0.6) is 0 Å².